The molecule has 17 heavy (non-hydrogen) atoms. The molecule has 1 aromatic rings. The molecule has 1 aliphatic heterocycles. The molecule has 0 saturated heterocycles. The van der Waals surface area contributed by atoms with Crippen LogP contribution >= 0.6 is 0 Å². The molecule has 1 atom stereocenters. The second-order valence-corrected chi connectivity index (χ2v) is 4.09. The lowest BCUT2D eigenvalue weighted by molar-refractivity contribution is 0.392. The maximum absolute atomic E-state index is 5.66. The van der Waals surface area contributed by atoms with Gasteiger partial charge in [0, 0.05) is 7.05 Å². The minimum absolute atomic E-state index is 0.146. The molecule has 2 rings (SSSR count). The summed E-state index contributed by atoms with van der Waals surface area (Å²) in [5.41, 5.74) is 5.66. The van der Waals surface area contributed by atoms with Crippen molar-refractivity contribution in [3.05, 3.63) is 23.7 Å². The van der Waals surface area contributed by atoms with Crippen LogP contribution in [0.3, 0.4) is 0 Å². The number of rotatable bonds is 2. The van der Waals surface area contributed by atoms with Gasteiger partial charge in [-0.25, -0.2) is 9.98 Å². The fourth-order valence-corrected chi connectivity index (χ4v) is 1.66. The van der Waals surface area contributed by atoms with Crippen molar-refractivity contribution in [2.24, 2.45) is 15.7 Å². The van der Waals surface area contributed by atoms with E-state index in [9.17, 15) is 0 Å². The molecule has 0 aromatic carbocycles. The van der Waals surface area contributed by atoms with Crippen molar-refractivity contribution in [1.82, 2.24) is 10.2 Å². The van der Waals surface area contributed by atoms with Gasteiger partial charge >= 0.3 is 0 Å². The summed E-state index contributed by atoms with van der Waals surface area (Å²) in [4.78, 5) is 10.4. The standard InChI is InChI=1S/C11H17N5O/c1-7-4-5-9(17-7)6-16(3)11-14-8(2)13-10(12)15-11/h4-5,8H,6H2,1-3H3,(H3,12,13,14,15). The Morgan fingerprint density at radius 3 is 2.82 bits per heavy atom. The molecule has 0 fully saturated rings. The Bertz CT molecular complexity index is 462. The zero-order chi connectivity index (χ0) is 12.4. The third kappa shape index (κ3) is 2.77. The van der Waals surface area contributed by atoms with Crippen molar-refractivity contribution in [3.8, 4) is 0 Å². The molecular formula is C11H17N5O. The average molecular weight is 235 g/mol. The van der Waals surface area contributed by atoms with Gasteiger partial charge in [-0.05, 0) is 26.0 Å². The molecule has 2 heterocycles. The lowest BCUT2D eigenvalue weighted by Crippen LogP contribution is -2.48. The summed E-state index contributed by atoms with van der Waals surface area (Å²) in [5.74, 6) is 2.90. The molecule has 92 valence electrons. The summed E-state index contributed by atoms with van der Waals surface area (Å²) in [7, 11) is 1.93. The lowest BCUT2D eigenvalue weighted by atomic mass is 10.4. The van der Waals surface area contributed by atoms with Crippen LogP contribution in [0, 0.1) is 6.92 Å². The Balaban J connectivity index is 2.03. The van der Waals surface area contributed by atoms with E-state index in [0.717, 1.165) is 11.5 Å². The molecule has 0 spiro atoms. The molecule has 1 unspecified atom stereocenters. The Labute approximate surface area is 100 Å². The Hall–Kier alpha value is -1.98. The van der Waals surface area contributed by atoms with Crippen molar-refractivity contribution in [2.75, 3.05) is 7.05 Å². The van der Waals surface area contributed by atoms with Crippen molar-refractivity contribution >= 4 is 11.9 Å². The first-order valence-corrected chi connectivity index (χ1v) is 5.49. The molecule has 1 aliphatic rings. The van der Waals surface area contributed by atoms with Crippen molar-refractivity contribution in [3.63, 3.8) is 0 Å². The van der Waals surface area contributed by atoms with Crippen molar-refractivity contribution in [2.45, 2.75) is 26.6 Å². The number of hydrogen-bond donors (Lipinski definition) is 2. The van der Waals surface area contributed by atoms with Gasteiger partial charge in [0.15, 0.2) is 5.96 Å². The van der Waals surface area contributed by atoms with Crippen LogP contribution in [0.15, 0.2) is 26.5 Å². The third-order valence-corrected chi connectivity index (χ3v) is 2.43. The average Bonchev–Trinajstić information content (AvgIpc) is 2.62. The summed E-state index contributed by atoms with van der Waals surface area (Å²) in [6.45, 7) is 4.45. The smallest absolute Gasteiger partial charge is 0.203 e. The SMILES string of the molecule is Cc1ccc(CN(C)C2=NC(C)N=C(N)N2)o1. The van der Waals surface area contributed by atoms with Crippen molar-refractivity contribution in [1.29, 1.82) is 0 Å². The summed E-state index contributed by atoms with van der Waals surface area (Å²) in [6, 6.07) is 3.90. The Morgan fingerprint density at radius 2 is 2.24 bits per heavy atom. The predicted octanol–water partition coefficient (Wildman–Crippen LogP) is 0.640. The Kier molecular flexibility index (Phi) is 3.03. The van der Waals surface area contributed by atoms with E-state index < -0.39 is 0 Å². The lowest BCUT2D eigenvalue weighted by Gasteiger charge is -2.24. The van der Waals surface area contributed by atoms with Crippen LogP contribution < -0.4 is 11.1 Å². The molecular weight excluding hydrogens is 218 g/mol. The molecule has 3 N–H and O–H groups in total. The second-order valence-electron chi connectivity index (χ2n) is 4.09. The third-order valence-electron chi connectivity index (χ3n) is 2.43. The van der Waals surface area contributed by atoms with E-state index >= 15 is 0 Å². The molecule has 6 nitrogen and oxygen atoms in total. The quantitative estimate of drug-likeness (QED) is 0.788. The maximum Gasteiger partial charge on any atom is 0.203 e. The highest BCUT2D eigenvalue weighted by molar-refractivity contribution is 5.99. The van der Waals surface area contributed by atoms with Crippen LogP contribution in [0.2, 0.25) is 0 Å². The molecule has 0 amide bonds. The second kappa shape index (κ2) is 4.48. The van der Waals surface area contributed by atoms with Gasteiger partial charge in [-0.2, -0.15) is 0 Å². The van der Waals surface area contributed by atoms with Gasteiger partial charge in [-0.3, -0.25) is 5.32 Å². The molecule has 1 aromatic heterocycles. The number of nitrogens with two attached hydrogens (primary N) is 1. The fourth-order valence-electron chi connectivity index (χ4n) is 1.66. The fraction of sp³-hybridized carbons (Fsp3) is 0.455. The minimum atomic E-state index is -0.146. The van der Waals surface area contributed by atoms with Gasteiger partial charge in [0.2, 0.25) is 5.96 Å². The van der Waals surface area contributed by atoms with E-state index in [1.807, 2.05) is 37.9 Å². The Morgan fingerprint density at radius 1 is 1.47 bits per heavy atom. The van der Waals surface area contributed by atoms with Crippen LogP contribution in [0.4, 0.5) is 0 Å². The van der Waals surface area contributed by atoms with E-state index in [-0.39, 0.29) is 6.17 Å². The summed E-state index contributed by atoms with van der Waals surface area (Å²) < 4.78 is 5.51. The zero-order valence-electron chi connectivity index (χ0n) is 10.3. The monoisotopic (exact) mass is 235 g/mol. The molecule has 0 radical (unpaired) electrons. The number of guanidine groups is 2. The van der Waals surface area contributed by atoms with Crippen molar-refractivity contribution < 1.29 is 4.42 Å². The number of hydrogen-bond acceptors (Lipinski definition) is 6. The maximum atomic E-state index is 5.66. The predicted molar refractivity (Wildman–Crippen MR) is 66.6 cm³/mol. The van der Waals surface area contributed by atoms with E-state index in [1.165, 1.54) is 0 Å². The largest absolute Gasteiger partial charge is 0.464 e. The number of nitrogens with zero attached hydrogens (tertiary/aromatic N) is 3. The van der Waals surface area contributed by atoms with Crippen LogP contribution in [0.1, 0.15) is 18.4 Å². The summed E-state index contributed by atoms with van der Waals surface area (Å²) in [5, 5.41) is 2.94. The van der Waals surface area contributed by atoms with Gasteiger partial charge in [0.1, 0.15) is 17.7 Å². The molecule has 0 saturated carbocycles. The van der Waals surface area contributed by atoms with Gasteiger partial charge < -0.3 is 15.1 Å². The van der Waals surface area contributed by atoms with E-state index in [4.69, 9.17) is 10.2 Å². The van der Waals surface area contributed by atoms with Gasteiger partial charge in [0.25, 0.3) is 0 Å². The molecule has 6 heteroatoms. The minimum Gasteiger partial charge on any atom is -0.464 e. The van der Waals surface area contributed by atoms with E-state index in [2.05, 4.69) is 15.3 Å². The topological polar surface area (TPSA) is 79.2 Å². The van der Waals surface area contributed by atoms with Crippen LogP contribution in [0.25, 0.3) is 0 Å². The first kappa shape index (κ1) is 11.5. The number of furan rings is 1. The highest BCUT2D eigenvalue weighted by atomic mass is 16.3. The number of aryl methyl sites for hydroxylation is 1. The highest BCUT2D eigenvalue weighted by Gasteiger charge is 2.15. The number of nitrogens with one attached hydrogen (secondary N) is 1. The first-order chi connectivity index (χ1) is 8.04. The van der Waals surface area contributed by atoms with E-state index in [1.54, 1.807) is 0 Å². The normalized spacial score (nSPS) is 19.4. The summed E-state index contributed by atoms with van der Waals surface area (Å²) in [6.07, 6.45) is -0.146. The highest BCUT2D eigenvalue weighted by Crippen LogP contribution is 2.09. The van der Waals surface area contributed by atoms with Crippen LogP contribution in [-0.4, -0.2) is 30.0 Å². The van der Waals surface area contributed by atoms with Crippen LogP contribution in [0.5, 0.6) is 0 Å². The zero-order valence-corrected chi connectivity index (χ0v) is 10.3. The van der Waals surface area contributed by atoms with Gasteiger partial charge in [0.05, 0.1) is 6.54 Å². The first-order valence-electron chi connectivity index (χ1n) is 5.49. The van der Waals surface area contributed by atoms with Gasteiger partial charge in [-0.15, -0.1) is 0 Å². The van der Waals surface area contributed by atoms with E-state index in [0.29, 0.717) is 18.5 Å². The molecule has 0 bridgehead atoms. The molecule has 0 aliphatic carbocycles. The number of aliphatic imine (C=N–C) groups is 2. The van der Waals surface area contributed by atoms with Gasteiger partial charge in [-0.1, -0.05) is 0 Å². The summed E-state index contributed by atoms with van der Waals surface area (Å²) >= 11 is 0. The van der Waals surface area contributed by atoms with Crippen LogP contribution in [-0.2, 0) is 6.54 Å².